The molecule has 0 saturated carbocycles. The summed E-state index contributed by atoms with van der Waals surface area (Å²) in [5, 5.41) is 3.18. The number of nitrogens with one attached hydrogen (secondary N) is 1. The highest BCUT2D eigenvalue weighted by Crippen LogP contribution is 2.14. The van der Waals surface area contributed by atoms with Crippen LogP contribution in [0.3, 0.4) is 0 Å². The molecule has 1 aliphatic rings. The molecule has 0 spiro atoms. The smallest absolute Gasteiger partial charge is 0.122 e. The molecule has 0 bridgehead atoms. The van der Waals surface area contributed by atoms with Crippen LogP contribution < -0.4 is 5.32 Å². The fourth-order valence-corrected chi connectivity index (χ4v) is 2.31. The van der Waals surface area contributed by atoms with Crippen molar-refractivity contribution in [3.05, 3.63) is 23.7 Å². The third-order valence-electron chi connectivity index (χ3n) is 3.38. The lowest BCUT2D eigenvalue weighted by atomic mass is 10.2. The summed E-state index contributed by atoms with van der Waals surface area (Å²) in [5.41, 5.74) is 1.28. The quantitative estimate of drug-likeness (QED) is 0.851. The van der Waals surface area contributed by atoms with Crippen molar-refractivity contribution >= 4 is 0 Å². The summed E-state index contributed by atoms with van der Waals surface area (Å²) in [6.07, 6.45) is 3.05. The van der Waals surface area contributed by atoms with Gasteiger partial charge in [-0.15, -0.1) is 0 Å². The van der Waals surface area contributed by atoms with Gasteiger partial charge in [0.25, 0.3) is 0 Å². The number of nitrogens with zero attached hydrogens (tertiary/aromatic N) is 2. The number of rotatable bonds is 4. The van der Waals surface area contributed by atoms with E-state index in [1.54, 1.807) is 6.26 Å². The van der Waals surface area contributed by atoms with Crippen molar-refractivity contribution in [3.63, 3.8) is 0 Å². The SMILES string of the molecule is CNCc1ccoc1CN1CCCN(C)CC1. The maximum atomic E-state index is 5.59. The van der Waals surface area contributed by atoms with E-state index in [4.69, 9.17) is 4.42 Å². The Hall–Kier alpha value is -0.840. The second kappa shape index (κ2) is 6.19. The molecule has 1 fully saturated rings. The molecule has 2 rings (SSSR count). The molecule has 4 nitrogen and oxygen atoms in total. The van der Waals surface area contributed by atoms with Gasteiger partial charge in [-0.1, -0.05) is 0 Å². The second-order valence-electron chi connectivity index (χ2n) is 4.83. The normalized spacial score (nSPS) is 19.4. The van der Waals surface area contributed by atoms with Crippen LogP contribution in [0.4, 0.5) is 0 Å². The average Bonchev–Trinajstić information content (AvgIpc) is 2.63. The van der Waals surface area contributed by atoms with E-state index in [2.05, 4.69) is 28.2 Å². The van der Waals surface area contributed by atoms with Crippen LogP contribution in [-0.4, -0.2) is 50.1 Å². The van der Waals surface area contributed by atoms with Gasteiger partial charge in [-0.2, -0.15) is 0 Å². The number of furan rings is 1. The van der Waals surface area contributed by atoms with Gasteiger partial charge in [0.15, 0.2) is 0 Å². The van der Waals surface area contributed by atoms with E-state index in [9.17, 15) is 0 Å². The van der Waals surface area contributed by atoms with Crippen LogP contribution >= 0.6 is 0 Å². The van der Waals surface area contributed by atoms with Crippen LogP contribution in [0, 0.1) is 0 Å². The van der Waals surface area contributed by atoms with E-state index in [-0.39, 0.29) is 0 Å². The average molecular weight is 237 g/mol. The van der Waals surface area contributed by atoms with Gasteiger partial charge >= 0.3 is 0 Å². The zero-order valence-corrected chi connectivity index (χ0v) is 10.9. The van der Waals surface area contributed by atoms with Crippen LogP contribution in [0.1, 0.15) is 17.7 Å². The summed E-state index contributed by atoms with van der Waals surface area (Å²) in [6, 6.07) is 2.07. The monoisotopic (exact) mass is 237 g/mol. The van der Waals surface area contributed by atoms with Gasteiger partial charge < -0.3 is 14.6 Å². The molecule has 0 radical (unpaired) electrons. The number of hydrogen-bond acceptors (Lipinski definition) is 4. The summed E-state index contributed by atoms with van der Waals surface area (Å²) in [7, 11) is 4.17. The van der Waals surface area contributed by atoms with Crippen molar-refractivity contribution in [2.75, 3.05) is 40.3 Å². The summed E-state index contributed by atoms with van der Waals surface area (Å²) >= 11 is 0. The first kappa shape index (κ1) is 12.6. The van der Waals surface area contributed by atoms with Gasteiger partial charge in [0.2, 0.25) is 0 Å². The Morgan fingerprint density at radius 2 is 2.18 bits per heavy atom. The first-order valence-corrected chi connectivity index (χ1v) is 6.40. The fourth-order valence-electron chi connectivity index (χ4n) is 2.31. The zero-order valence-electron chi connectivity index (χ0n) is 10.9. The second-order valence-corrected chi connectivity index (χ2v) is 4.83. The van der Waals surface area contributed by atoms with Gasteiger partial charge in [-0.3, -0.25) is 4.90 Å². The van der Waals surface area contributed by atoms with Crippen LogP contribution in [0.2, 0.25) is 0 Å². The Kier molecular flexibility index (Phi) is 4.59. The van der Waals surface area contributed by atoms with Crippen molar-refractivity contribution in [2.45, 2.75) is 19.5 Å². The lowest BCUT2D eigenvalue weighted by Gasteiger charge is -2.19. The highest BCUT2D eigenvalue weighted by molar-refractivity contribution is 5.16. The molecule has 1 aromatic rings. The lowest BCUT2D eigenvalue weighted by Crippen LogP contribution is -2.28. The van der Waals surface area contributed by atoms with E-state index in [0.29, 0.717) is 0 Å². The molecule has 1 aromatic heterocycles. The first-order valence-electron chi connectivity index (χ1n) is 6.40. The van der Waals surface area contributed by atoms with Gasteiger partial charge in [0.1, 0.15) is 5.76 Å². The fraction of sp³-hybridized carbons (Fsp3) is 0.692. The van der Waals surface area contributed by atoms with Crippen LogP contribution in [-0.2, 0) is 13.1 Å². The molecule has 96 valence electrons. The zero-order chi connectivity index (χ0) is 12.1. The van der Waals surface area contributed by atoms with E-state index >= 15 is 0 Å². The molecule has 2 heterocycles. The molecule has 1 aliphatic heterocycles. The van der Waals surface area contributed by atoms with Gasteiger partial charge in [-0.25, -0.2) is 0 Å². The van der Waals surface area contributed by atoms with Crippen LogP contribution in [0.25, 0.3) is 0 Å². The van der Waals surface area contributed by atoms with Gasteiger partial charge in [0, 0.05) is 25.2 Å². The molecule has 0 aromatic carbocycles. The Balaban J connectivity index is 1.92. The first-order chi connectivity index (χ1) is 8.29. The van der Waals surface area contributed by atoms with E-state index < -0.39 is 0 Å². The summed E-state index contributed by atoms with van der Waals surface area (Å²) in [4.78, 5) is 4.89. The van der Waals surface area contributed by atoms with Gasteiger partial charge in [-0.05, 0) is 39.7 Å². The third kappa shape index (κ3) is 3.56. The third-order valence-corrected chi connectivity index (χ3v) is 3.38. The molecule has 1 saturated heterocycles. The highest BCUT2D eigenvalue weighted by Gasteiger charge is 2.15. The predicted molar refractivity (Wildman–Crippen MR) is 68.9 cm³/mol. The van der Waals surface area contributed by atoms with Crippen molar-refractivity contribution < 1.29 is 4.42 Å². The van der Waals surface area contributed by atoms with E-state index in [0.717, 1.165) is 31.9 Å². The molecule has 4 heteroatoms. The predicted octanol–water partition coefficient (Wildman–Crippen LogP) is 1.14. The summed E-state index contributed by atoms with van der Waals surface area (Å²) in [6.45, 7) is 6.50. The molecule has 17 heavy (non-hydrogen) atoms. The molecule has 0 aliphatic carbocycles. The van der Waals surface area contributed by atoms with E-state index in [1.165, 1.54) is 25.1 Å². The minimum absolute atomic E-state index is 0.888. The van der Waals surface area contributed by atoms with E-state index in [1.807, 2.05) is 7.05 Å². The Bertz CT molecular complexity index is 337. The van der Waals surface area contributed by atoms with Crippen molar-refractivity contribution in [2.24, 2.45) is 0 Å². The standard InChI is InChI=1S/C13H23N3O/c1-14-10-12-4-9-17-13(12)11-16-6-3-5-15(2)7-8-16/h4,9,14H,3,5-8,10-11H2,1-2H3. The maximum Gasteiger partial charge on any atom is 0.122 e. The number of likely N-dealkylation sites (N-methyl/N-ethyl adjacent to an activating group) is 1. The molecule has 0 unspecified atom stereocenters. The lowest BCUT2D eigenvalue weighted by molar-refractivity contribution is 0.247. The molecule has 0 atom stereocenters. The molecular formula is C13H23N3O. The highest BCUT2D eigenvalue weighted by atomic mass is 16.3. The van der Waals surface area contributed by atoms with Crippen molar-refractivity contribution in [3.8, 4) is 0 Å². The Morgan fingerprint density at radius 3 is 3.00 bits per heavy atom. The summed E-state index contributed by atoms with van der Waals surface area (Å²) < 4.78 is 5.59. The Labute approximate surface area is 104 Å². The summed E-state index contributed by atoms with van der Waals surface area (Å²) in [5.74, 6) is 1.11. The minimum atomic E-state index is 0.888. The van der Waals surface area contributed by atoms with Crippen molar-refractivity contribution in [1.29, 1.82) is 0 Å². The minimum Gasteiger partial charge on any atom is -0.468 e. The number of hydrogen-bond donors (Lipinski definition) is 1. The van der Waals surface area contributed by atoms with Crippen LogP contribution in [0.5, 0.6) is 0 Å². The van der Waals surface area contributed by atoms with Crippen molar-refractivity contribution in [1.82, 2.24) is 15.1 Å². The molecule has 0 amide bonds. The van der Waals surface area contributed by atoms with Crippen LogP contribution in [0.15, 0.2) is 16.7 Å². The maximum absolute atomic E-state index is 5.59. The Morgan fingerprint density at radius 1 is 1.29 bits per heavy atom. The molecule has 1 N–H and O–H groups in total. The topological polar surface area (TPSA) is 31.7 Å². The molecular weight excluding hydrogens is 214 g/mol. The van der Waals surface area contributed by atoms with Gasteiger partial charge in [0.05, 0.1) is 12.8 Å². The largest absolute Gasteiger partial charge is 0.468 e.